The van der Waals surface area contributed by atoms with E-state index in [0.29, 0.717) is 17.9 Å². The smallest absolute Gasteiger partial charge is 0.317 e. The van der Waals surface area contributed by atoms with Crippen molar-refractivity contribution >= 4 is 6.03 Å². The predicted octanol–water partition coefficient (Wildman–Crippen LogP) is 3.09. The van der Waals surface area contributed by atoms with E-state index >= 15 is 0 Å². The third-order valence-corrected chi connectivity index (χ3v) is 5.31. The quantitative estimate of drug-likeness (QED) is 0.910. The van der Waals surface area contributed by atoms with Gasteiger partial charge in [0.1, 0.15) is 5.82 Å². The lowest BCUT2D eigenvalue weighted by Gasteiger charge is -2.36. The summed E-state index contributed by atoms with van der Waals surface area (Å²) in [5.74, 6) is 2.14. The van der Waals surface area contributed by atoms with Gasteiger partial charge in [-0.05, 0) is 38.5 Å². The van der Waals surface area contributed by atoms with Gasteiger partial charge in [-0.2, -0.15) is 0 Å². The third kappa shape index (κ3) is 4.35. The van der Waals surface area contributed by atoms with Crippen molar-refractivity contribution in [2.45, 2.75) is 58.4 Å². The Morgan fingerprint density at radius 1 is 1.36 bits per heavy atom. The molecule has 2 fully saturated rings. The van der Waals surface area contributed by atoms with Crippen LogP contribution in [0.15, 0.2) is 6.20 Å². The Morgan fingerprint density at radius 2 is 2.12 bits per heavy atom. The van der Waals surface area contributed by atoms with Gasteiger partial charge in [0.15, 0.2) is 0 Å². The lowest BCUT2D eigenvalue weighted by molar-refractivity contribution is 0.0816. The maximum absolute atomic E-state index is 12.5. The Balaban J connectivity index is 1.71. The Kier molecular flexibility index (Phi) is 5.99. The number of piperidine rings is 1. The number of nitrogens with zero attached hydrogens (tertiary/aromatic N) is 3. The molecular formula is C19H32N4O2. The summed E-state index contributed by atoms with van der Waals surface area (Å²) < 4.78 is 7.91. The van der Waals surface area contributed by atoms with Crippen LogP contribution < -0.4 is 5.32 Å². The Hall–Kier alpha value is -1.56. The summed E-state index contributed by atoms with van der Waals surface area (Å²) in [5, 5.41) is 3.06. The minimum atomic E-state index is 0.0729. The maximum Gasteiger partial charge on any atom is 0.317 e. The van der Waals surface area contributed by atoms with Crippen molar-refractivity contribution < 1.29 is 9.53 Å². The fourth-order valence-corrected chi connectivity index (χ4v) is 3.95. The molecule has 0 radical (unpaired) electrons. The molecule has 2 aliphatic heterocycles. The van der Waals surface area contributed by atoms with Crippen molar-refractivity contribution in [2.24, 2.45) is 5.92 Å². The Morgan fingerprint density at radius 3 is 2.84 bits per heavy atom. The number of ether oxygens (including phenoxy) is 1. The molecule has 1 atom stereocenters. The van der Waals surface area contributed by atoms with E-state index in [2.05, 4.69) is 30.7 Å². The van der Waals surface area contributed by atoms with Crippen LogP contribution in [0.25, 0.3) is 0 Å². The number of urea groups is 1. The van der Waals surface area contributed by atoms with Crippen molar-refractivity contribution in [3.05, 3.63) is 17.7 Å². The molecule has 1 unspecified atom stereocenters. The number of nitrogens with one attached hydrogen (secondary N) is 1. The first-order valence-electron chi connectivity index (χ1n) is 9.70. The van der Waals surface area contributed by atoms with E-state index < -0.39 is 0 Å². The summed E-state index contributed by atoms with van der Waals surface area (Å²) in [6.07, 6.45) is 6.23. The number of hydrogen-bond acceptors (Lipinski definition) is 3. The van der Waals surface area contributed by atoms with Crippen molar-refractivity contribution in [1.82, 2.24) is 19.8 Å². The lowest BCUT2D eigenvalue weighted by Crippen LogP contribution is -2.47. The molecule has 2 aliphatic rings. The van der Waals surface area contributed by atoms with E-state index in [4.69, 9.17) is 9.72 Å². The van der Waals surface area contributed by atoms with Crippen LogP contribution >= 0.6 is 0 Å². The second kappa shape index (κ2) is 8.21. The van der Waals surface area contributed by atoms with E-state index in [1.54, 1.807) is 0 Å². The van der Waals surface area contributed by atoms with Crippen LogP contribution in [0.1, 0.15) is 63.0 Å². The molecule has 6 heteroatoms. The summed E-state index contributed by atoms with van der Waals surface area (Å²) >= 11 is 0. The summed E-state index contributed by atoms with van der Waals surface area (Å²) in [5.41, 5.74) is 1.20. The van der Waals surface area contributed by atoms with Gasteiger partial charge in [-0.15, -0.1) is 0 Å². The molecule has 0 saturated carbocycles. The van der Waals surface area contributed by atoms with Crippen LogP contribution in [0.3, 0.4) is 0 Å². The zero-order valence-corrected chi connectivity index (χ0v) is 15.8. The van der Waals surface area contributed by atoms with E-state index in [0.717, 1.165) is 58.5 Å². The molecule has 6 nitrogen and oxygen atoms in total. The molecule has 1 aromatic heterocycles. The Labute approximate surface area is 150 Å². The molecule has 0 spiro atoms. The summed E-state index contributed by atoms with van der Waals surface area (Å²) in [6, 6.07) is 0.405. The number of likely N-dealkylation sites (tertiary alicyclic amines) is 1. The van der Waals surface area contributed by atoms with Gasteiger partial charge in [0.25, 0.3) is 0 Å². The second-order valence-corrected chi connectivity index (χ2v) is 7.84. The van der Waals surface area contributed by atoms with Gasteiger partial charge < -0.3 is 19.5 Å². The number of carbonyl (C=O) groups excluding carboxylic acids is 1. The summed E-state index contributed by atoms with van der Waals surface area (Å²) in [7, 11) is 0. The fourth-order valence-electron chi connectivity index (χ4n) is 3.95. The van der Waals surface area contributed by atoms with Gasteiger partial charge in [0, 0.05) is 50.7 Å². The number of aryl methyl sites for hydroxylation is 1. The zero-order valence-electron chi connectivity index (χ0n) is 15.8. The van der Waals surface area contributed by atoms with Gasteiger partial charge in [-0.25, -0.2) is 9.78 Å². The van der Waals surface area contributed by atoms with Crippen LogP contribution in [0, 0.1) is 12.8 Å². The number of rotatable bonds is 4. The number of aromatic nitrogens is 2. The van der Waals surface area contributed by atoms with E-state index in [9.17, 15) is 4.79 Å². The minimum Gasteiger partial charge on any atom is -0.381 e. The molecule has 2 amide bonds. The fraction of sp³-hybridized carbons (Fsp3) is 0.789. The third-order valence-electron chi connectivity index (χ3n) is 5.31. The monoisotopic (exact) mass is 348 g/mol. The molecule has 0 aromatic carbocycles. The van der Waals surface area contributed by atoms with Crippen LogP contribution in [0.5, 0.6) is 0 Å². The number of hydrogen-bond donors (Lipinski definition) is 1. The molecule has 0 aliphatic carbocycles. The molecule has 140 valence electrons. The number of amides is 2. The van der Waals surface area contributed by atoms with Gasteiger partial charge in [-0.1, -0.05) is 13.8 Å². The highest BCUT2D eigenvalue weighted by Crippen LogP contribution is 2.32. The van der Waals surface area contributed by atoms with Crippen LogP contribution in [0.2, 0.25) is 0 Å². The average molecular weight is 348 g/mol. The molecule has 1 aromatic rings. The van der Waals surface area contributed by atoms with Crippen molar-refractivity contribution in [3.63, 3.8) is 0 Å². The molecule has 3 heterocycles. The Bertz CT molecular complexity index is 578. The maximum atomic E-state index is 12.5. The second-order valence-electron chi connectivity index (χ2n) is 7.84. The van der Waals surface area contributed by atoms with Crippen molar-refractivity contribution in [1.29, 1.82) is 0 Å². The first-order valence-corrected chi connectivity index (χ1v) is 9.70. The highest BCUT2D eigenvalue weighted by molar-refractivity contribution is 5.74. The van der Waals surface area contributed by atoms with Crippen molar-refractivity contribution in [2.75, 3.05) is 32.8 Å². The summed E-state index contributed by atoms with van der Waals surface area (Å²) in [6.45, 7) is 10.4. The molecule has 1 N–H and O–H groups in total. The van der Waals surface area contributed by atoms with Gasteiger partial charge in [0.2, 0.25) is 0 Å². The SMILES string of the molecule is Cc1cnc(C2CCOCC2)n1C1CCCN(C(=O)NCC(C)C)C1. The predicted molar refractivity (Wildman–Crippen MR) is 97.8 cm³/mol. The minimum absolute atomic E-state index is 0.0729. The standard InChI is InChI=1S/C19H32N4O2/c1-14(2)11-21-19(24)22-8-4-5-17(13-22)23-15(3)12-20-18(23)16-6-9-25-10-7-16/h12,14,16-17H,4-11,13H2,1-3H3,(H,21,24). The van der Waals surface area contributed by atoms with E-state index in [-0.39, 0.29) is 6.03 Å². The highest BCUT2D eigenvalue weighted by atomic mass is 16.5. The van der Waals surface area contributed by atoms with E-state index in [1.807, 2.05) is 11.1 Å². The van der Waals surface area contributed by atoms with Crippen LogP contribution in [0.4, 0.5) is 4.79 Å². The first-order chi connectivity index (χ1) is 12.1. The van der Waals surface area contributed by atoms with Crippen LogP contribution in [-0.4, -0.2) is 53.3 Å². The van der Waals surface area contributed by atoms with Gasteiger partial charge in [0.05, 0.1) is 6.04 Å². The molecule has 2 saturated heterocycles. The largest absolute Gasteiger partial charge is 0.381 e. The normalized spacial score (nSPS) is 22.4. The average Bonchev–Trinajstić information content (AvgIpc) is 3.02. The van der Waals surface area contributed by atoms with E-state index in [1.165, 1.54) is 11.5 Å². The summed E-state index contributed by atoms with van der Waals surface area (Å²) in [4.78, 5) is 19.2. The van der Waals surface area contributed by atoms with Crippen molar-refractivity contribution in [3.8, 4) is 0 Å². The molecule has 0 bridgehead atoms. The lowest BCUT2D eigenvalue weighted by atomic mass is 9.98. The first kappa shape index (κ1) is 18.2. The molecule has 25 heavy (non-hydrogen) atoms. The molecular weight excluding hydrogens is 316 g/mol. The number of imidazole rings is 1. The van der Waals surface area contributed by atoms with Gasteiger partial charge in [-0.3, -0.25) is 0 Å². The zero-order chi connectivity index (χ0) is 17.8. The van der Waals surface area contributed by atoms with Crippen LogP contribution in [-0.2, 0) is 4.74 Å². The van der Waals surface area contributed by atoms with Gasteiger partial charge >= 0.3 is 6.03 Å². The highest BCUT2D eigenvalue weighted by Gasteiger charge is 2.29. The topological polar surface area (TPSA) is 59.4 Å². The number of carbonyl (C=O) groups is 1. The molecule has 3 rings (SSSR count).